The Kier molecular flexibility index (Phi) is 6.37. The van der Waals surface area contributed by atoms with E-state index in [0.29, 0.717) is 32.2 Å². The molecule has 0 bridgehead atoms. The smallest absolute Gasteiger partial charge is 0.296 e. The third kappa shape index (κ3) is 4.55. The highest BCUT2D eigenvalue weighted by molar-refractivity contribution is 8.00. The largest absolute Gasteiger partial charge is 0.508 e. The number of phenolic OH excluding ortho intramolecular Hbond substituents is 1. The lowest BCUT2D eigenvalue weighted by atomic mass is 9.95. The summed E-state index contributed by atoms with van der Waals surface area (Å²) < 4.78 is 20.2. The highest BCUT2D eigenvalue weighted by Crippen LogP contribution is 2.44. The topological polar surface area (TPSA) is 117 Å². The summed E-state index contributed by atoms with van der Waals surface area (Å²) >= 11 is 2.31. The van der Waals surface area contributed by atoms with Crippen molar-refractivity contribution in [3.8, 4) is 5.75 Å². The van der Waals surface area contributed by atoms with Gasteiger partial charge >= 0.3 is 0 Å². The minimum atomic E-state index is -1.11. The number of phenols is 1. The number of hydrogen-bond acceptors (Lipinski definition) is 9. The quantitative estimate of drug-likeness (QED) is 0.137. The molecule has 8 nitrogen and oxygen atoms in total. The number of furan rings is 1. The molecule has 39 heavy (non-hydrogen) atoms. The van der Waals surface area contributed by atoms with Crippen molar-refractivity contribution in [2.45, 2.75) is 16.1 Å². The zero-order valence-corrected chi connectivity index (χ0v) is 21.6. The monoisotopic (exact) mass is 559 g/mol. The summed E-state index contributed by atoms with van der Waals surface area (Å²) in [5.74, 6) is -2.43. The van der Waals surface area contributed by atoms with E-state index in [1.165, 1.54) is 34.9 Å². The van der Waals surface area contributed by atoms with Gasteiger partial charge in [-0.3, -0.25) is 14.5 Å². The van der Waals surface area contributed by atoms with Gasteiger partial charge in [0.25, 0.3) is 5.91 Å². The molecule has 1 atom stereocenters. The number of para-hydroxylation sites is 1. The normalized spacial score (nSPS) is 15.5. The van der Waals surface area contributed by atoms with Crippen LogP contribution in [0.2, 0.25) is 0 Å². The molecule has 3 aromatic carbocycles. The summed E-state index contributed by atoms with van der Waals surface area (Å²) in [5.41, 5.74) is 1.15. The number of aliphatic hydroxyl groups excluding tert-OH is 1. The van der Waals surface area contributed by atoms with E-state index < -0.39 is 23.5 Å². The Morgan fingerprint density at radius 3 is 2.62 bits per heavy atom. The van der Waals surface area contributed by atoms with E-state index in [0.717, 1.165) is 11.3 Å². The maximum absolute atomic E-state index is 14.0. The summed E-state index contributed by atoms with van der Waals surface area (Å²) in [4.78, 5) is 28.2. The van der Waals surface area contributed by atoms with Crippen LogP contribution in [0.5, 0.6) is 5.75 Å². The summed E-state index contributed by atoms with van der Waals surface area (Å²) in [6.45, 7) is 0. The first kappa shape index (κ1) is 24.8. The zero-order chi connectivity index (χ0) is 27.1. The number of nitrogens with zero attached hydrogens (tertiary/aromatic N) is 3. The van der Waals surface area contributed by atoms with Crippen LogP contribution in [0.15, 0.2) is 99.0 Å². The van der Waals surface area contributed by atoms with Gasteiger partial charge in [0.15, 0.2) is 15.9 Å². The third-order valence-corrected chi connectivity index (χ3v) is 8.30. The van der Waals surface area contributed by atoms with Crippen molar-refractivity contribution < 1.29 is 28.6 Å². The number of ketones is 1. The van der Waals surface area contributed by atoms with Crippen LogP contribution in [0.25, 0.3) is 11.0 Å². The van der Waals surface area contributed by atoms with Crippen molar-refractivity contribution in [3.63, 3.8) is 0 Å². The third-order valence-electron chi connectivity index (χ3n) is 6.20. The van der Waals surface area contributed by atoms with Crippen molar-refractivity contribution in [3.05, 3.63) is 113 Å². The number of anilines is 1. The van der Waals surface area contributed by atoms with E-state index in [2.05, 4.69) is 10.2 Å². The number of thioether (sulfide) groups is 1. The van der Waals surface area contributed by atoms with Gasteiger partial charge in [-0.05, 0) is 41.5 Å². The van der Waals surface area contributed by atoms with Crippen LogP contribution in [0.4, 0.5) is 9.52 Å². The second-order valence-corrected chi connectivity index (χ2v) is 10.8. The van der Waals surface area contributed by atoms with Gasteiger partial charge in [-0.25, -0.2) is 4.39 Å². The van der Waals surface area contributed by atoms with Crippen LogP contribution in [-0.4, -0.2) is 32.1 Å². The van der Waals surface area contributed by atoms with E-state index in [4.69, 9.17) is 4.42 Å². The molecule has 0 spiro atoms. The molecule has 2 aromatic heterocycles. The van der Waals surface area contributed by atoms with E-state index in [9.17, 15) is 24.2 Å². The number of aromatic hydroxyl groups is 1. The average Bonchev–Trinajstić information content (AvgIpc) is 3.64. The number of aliphatic hydroxyl groups is 1. The van der Waals surface area contributed by atoms with E-state index in [1.807, 2.05) is 0 Å². The first-order chi connectivity index (χ1) is 18.9. The van der Waals surface area contributed by atoms with E-state index >= 15 is 0 Å². The molecule has 1 aliphatic heterocycles. The number of benzene rings is 3. The number of halogens is 1. The molecule has 0 saturated carbocycles. The lowest BCUT2D eigenvalue weighted by molar-refractivity contribution is -0.117. The Hall–Kier alpha value is -4.48. The van der Waals surface area contributed by atoms with Gasteiger partial charge in [0.2, 0.25) is 10.9 Å². The maximum atomic E-state index is 14.0. The second-order valence-electron chi connectivity index (χ2n) is 8.64. The number of amides is 1. The van der Waals surface area contributed by atoms with Gasteiger partial charge in [0.1, 0.15) is 17.1 Å². The fraction of sp³-hybridized carbons (Fsp3) is 0.0714. The van der Waals surface area contributed by atoms with Crippen LogP contribution in [-0.2, 0) is 10.5 Å². The van der Waals surface area contributed by atoms with Crippen LogP contribution in [0, 0.1) is 5.82 Å². The van der Waals surface area contributed by atoms with E-state index in [-0.39, 0.29) is 28.0 Å². The number of carbonyl (C=O) groups is 2. The SMILES string of the molecule is O=C(C1=C(O)C(=O)N(c2nnc(SCc3ccccc3F)s2)C1c1cccc(O)c1)c1cc2ccccc2o1. The fourth-order valence-electron chi connectivity index (χ4n) is 4.38. The molecular weight excluding hydrogens is 541 g/mol. The van der Waals surface area contributed by atoms with Gasteiger partial charge in [0.05, 0.1) is 11.6 Å². The number of carbonyl (C=O) groups excluding carboxylic acids is 2. The number of hydrogen-bond donors (Lipinski definition) is 2. The molecule has 0 radical (unpaired) electrons. The van der Waals surface area contributed by atoms with Gasteiger partial charge in [0, 0.05) is 11.1 Å². The van der Waals surface area contributed by atoms with Crippen LogP contribution in [0.1, 0.15) is 27.7 Å². The summed E-state index contributed by atoms with van der Waals surface area (Å²) in [7, 11) is 0. The minimum Gasteiger partial charge on any atom is -0.508 e. The van der Waals surface area contributed by atoms with Gasteiger partial charge in [-0.2, -0.15) is 0 Å². The molecule has 6 rings (SSSR count). The average molecular weight is 560 g/mol. The minimum absolute atomic E-state index is 0.0454. The molecule has 0 saturated heterocycles. The number of fused-ring (bicyclic) bond motifs is 1. The molecule has 11 heteroatoms. The van der Waals surface area contributed by atoms with Gasteiger partial charge < -0.3 is 14.6 Å². The molecule has 1 amide bonds. The number of Topliss-reactive ketones (excluding diaryl/α,β-unsaturated/α-hetero) is 1. The zero-order valence-electron chi connectivity index (χ0n) is 19.9. The first-order valence-corrected chi connectivity index (χ1v) is 13.5. The summed E-state index contributed by atoms with van der Waals surface area (Å²) in [6.07, 6.45) is 0. The van der Waals surface area contributed by atoms with Crippen LogP contribution in [0.3, 0.4) is 0 Å². The molecule has 1 aliphatic rings. The van der Waals surface area contributed by atoms with Crippen molar-refractivity contribution in [1.82, 2.24) is 10.2 Å². The molecule has 1 unspecified atom stereocenters. The Morgan fingerprint density at radius 1 is 1.03 bits per heavy atom. The highest BCUT2D eigenvalue weighted by atomic mass is 32.2. The molecular formula is C28H18FN3O5S2. The molecule has 0 fully saturated rings. The van der Waals surface area contributed by atoms with Crippen molar-refractivity contribution in [1.29, 1.82) is 0 Å². The lowest BCUT2D eigenvalue weighted by Crippen LogP contribution is -2.31. The van der Waals surface area contributed by atoms with Crippen molar-refractivity contribution >= 4 is 50.9 Å². The molecule has 3 heterocycles. The fourth-order valence-corrected chi connectivity index (χ4v) is 6.24. The predicted molar refractivity (Wildman–Crippen MR) is 144 cm³/mol. The first-order valence-electron chi connectivity index (χ1n) is 11.7. The molecule has 194 valence electrons. The van der Waals surface area contributed by atoms with Crippen LogP contribution >= 0.6 is 23.1 Å². The van der Waals surface area contributed by atoms with E-state index in [1.54, 1.807) is 60.7 Å². The number of rotatable bonds is 7. The molecule has 0 aliphatic carbocycles. The summed E-state index contributed by atoms with van der Waals surface area (Å²) in [6, 6.07) is 20.0. The predicted octanol–water partition coefficient (Wildman–Crippen LogP) is 6.20. The molecule has 2 N–H and O–H groups in total. The highest BCUT2D eigenvalue weighted by Gasteiger charge is 2.47. The van der Waals surface area contributed by atoms with Crippen molar-refractivity contribution in [2.75, 3.05) is 4.90 Å². The van der Waals surface area contributed by atoms with Crippen LogP contribution < -0.4 is 4.90 Å². The van der Waals surface area contributed by atoms with Crippen molar-refractivity contribution in [2.24, 2.45) is 0 Å². The second kappa shape index (κ2) is 10.0. The molecule has 5 aromatic rings. The van der Waals surface area contributed by atoms with Gasteiger partial charge in [-0.15, -0.1) is 10.2 Å². The Labute approximate surface area is 229 Å². The Balaban J connectivity index is 1.37. The summed E-state index contributed by atoms with van der Waals surface area (Å²) in [5, 5.41) is 30.2. The Bertz CT molecular complexity index is 1750. The van der Waals surface area contributed by atoms with Gasteiger partial charge in [-0.1, -0.05) is 71.6 Å². The maximum Gasteiger partial charge on any atom is 0.296 e. The standard InChI is InChI=1S/C28H18FN3O5S2/c29-19-10-3-1-7-17(19)14-38-28-31-30-27(39-28)32-23(16-8-5-9-18(33)12-16)22(25(35)26(32)36)24(34)21-13-15-6-2-4-11-20(15)37-21/h1-13,23,33,35H,14H2. The lowest BCUT2D eigenvalue weighted by Gasteiger charge is -2.23. The Morgan fingerprint density at radius 2 is 1.82 bits per heavy atom. The number of aromatic nitrogens is 2.